The lowest BCUT2D eigenvalue weighted by Crippen LogP contribution is -2.50. The van der Waals surface area contributed by atoms with Gasteiger partial charge in [-0.05, 0) is 18.2 Å². The molecule has 0 aromatic carbocycles. The Hall–Kier alpha value is -2.77. The molecule has 0 spiro atoms. The summed E-state index contributed by atoms with van der Waals surface area (Å²) < 4.78 is 1.87. The fourth-order valence-electron chi connectivity index (χ4n) is 3.30. The third-order valence-corrected chi connectivity index (χ3v) is 4.96. The molecule has 4 rings (SSSR count). The van der Waals surface area contributed by atoms with Gasteiger partial charge in [0, 0.05) is 43.1 Å². The smallest absolute Gasteiger partial charge is 0.178 e. The van der Waals surface area contributed by atoms with Gasteiger partial charge in [0.1, 0.15) is 17.5 Å². The van der Waals surface area contributed by atoms with Crippen molar-refractivity contribution in [3.05, 3.63) is 36.0 Å². The van der Waals surface area contributed by atoms with Gasteiger partial charge in [0.05, 0.1) is 0 Å². The van der Waals surface area contributed by atoms with Crippen molar-refractivity contribution in [2.45, 2.75) is 46.0 Å². The van der Waals surface area contributed by atoms with Gasteiger partial charge < -0.3 is 10.2 Å². The summed E-state index contributed by atoms with van der Waals surface area (Å²) in [6.45, 7) is 13.4. The summed E-state index contributed by atoms with van der Waals surface area (Å²) in [5, 5.41) is 16.8. The maximum absolute atomic E-state index is 4.78. The largest absolute Gasteiger partial charge is 0.370 e. The van der Waals surface area contributed by atoms with Crippen LogP contribution < -0.4 is 10.2 Å². The first-order valence-electron chi connectivity index (χ1n) is 9.86. The fraction of sp³-hybridized carbons (Fsp3) is 0.550. The molecule has 8 nitrogen and oxygen atoms in total. The molecule has 0 aliphatic carbocycles. The van der Waals surface area contributed by atoms with Crippen molar-refractivity contribution in [1.82, 2.24) is 29.8 Å². The van der Waals surface area contributed by atoms with Crippen LogP contribution in [0, 0.1) is 5.92 Å². The molecule has 8 heteroatoms. The van der Waals surface area contributed by atoms with E-state index in [9.17, 15) is 0 Å². The first-order valence-corrected chi connectivity index (χ1v) is 9.86. The Balaban J connectivity index is 1.38. The minimum atomic E-state index is -0.0984. The van der Waals surface area contributed by atoms with Crippen LogP contribution in [0.5, 0.6) is 0 Å². The second kappa shape index (κ2) is 7.00. The average Bonchev–Trinajstić information content (AvgIpc) is 3.04. The zero-order valence-corrected chi connectivity index (χ0v) is 17.2. The maximum Gasteiger partial charge on any atom is 0.178 e. The molecular weight excluding hydrogens is 352 g/mol. The Bertz CT molecular complexity index is 966. The maximum atomic E-state index is 4.78. The molecule has 0 amide bonds. The van der Waals surface area contributed by atoms with Gasteiger partial charge >= 0.3 is 0 Å². The van der Waals surface area contributed by atoms with E-state index in [4.69, 9.17) is 5.10 Å². The molecule has 1 fully saturated rings. The topological polar surface area (TPSA) is 84.1 Å². The van der Waals surface area contributed by atoms with Gasteiger partial charge in [0.15, 0.2) is 11.5 Å². The molecule has 1 aliphatic heterocycles. The number of fused-ring (bicyclic) bond motifs is 1. The Morgan fingerprint density at radius 3 is 2.64 bits per heavy atom. The lowest BCUT2D eigenvalue weighted by atomic mass is 9.96. The summed E-state index contributed by atoms with van der Waals surface area (Å²) >= 11 is 0. The van der Waals surface area contributed by atoms with E-state index in [0.717, 1.165) is 48.6 Å². The van der Waals surface area contributed by atoms with Gasteiger partial charge in [-0.25, -0.2) is 9.97 Å². The summed E-state index contributed by atoms with van der Waals surface area (Å²) in [4.78, 5) is 11.2. The predicted octanol–water partition coefficient (Wildman–Crippen LogP) is 2.88. The molecule has 3 aromatic rings. The van der Waals surface area contributed by atoms with Crippen molar-refractivity contribution in [3.8, 4) is 0 Å². The van der Waals surface area contributed by atoms with E-state index in [-0.39, 0.29) is 5.41 Å². The van der Waals surface area contributed by atoms with Crippen molar-refractivity contribution in [3.63, 3.8) is 0 Å². The first-order chi connectivity index (χ1) is 13.3. The van der Waals surface area contributed by atoms with Gasteiger partial charge in [0.2, 0.25) is 0 Å². The fourth-order valence-corrected chi connectivity index (χ4v) is 3.30. The molecular formula is C20H28N8. The third-order valence-electron chi connectivity index (χ3n) is 4.96. The predicted molar refractivity (Wildman–Crippen MR) is 110 cm³/mol. The number of hydrogen-bond acceptors (Lipinski definition) is 7. The third kappa shape index (κ3) is 3.63. The molecule has 0 saturated carbocycles. The molecule has 0 unspecified atom stereocenters. The van der Waals surface area contributed by atoms with Crippen LogP contribution in [0.3, 0.4) is 0 Å². The Morgan fingerprint density at radius 1 is 1.14 bits per heavy atom. The summed E-state index contributed by atoms with van der Waals surface area (Å²) in [6.07, 6.45) is 1.82. The van der Waals surface area contributed by atoms with Crippen LogP contribution in [0.2, 0.25) is 0 Å². The number of nitrogens with zero attached hydrogens (tertiary/aromatic N) is 7. The summed E-state index contributed by atoms with van der Waals surface area (Å²) in [5.41, 5.74) is 0.691. The van der Waals surface area contributed by atoms with E-state index in [2.05, 4.69) is 65.0 Å². The highest BCUT2D eigenvalue weighted by Crippen LogP contribution is 2.25. The molecule has 0 radical (unpaired) electrons. The van der Waals surface area contributed by atoms with Crippen LogP contribution in [0.25, 0.3) is 5.65 Å². The molecule has 0 bridgehead atoms. The first kappa shape index (κ1) is 18.6. The van der Waals surface area contributed by atoms with Crippen LogP contribution >= 0.6 is 0 Å². The zero-order chi connectivity index (χ0) is 19.9. The minimum absolute atomic E-state index is 0.0984. The number of nitrogens with one attached hydrogen (secondary N) is 1. The second-order valence-corrected chi connectivity index (χ2v) is 8.84. The quantitative estimate of drug-likeness (QED) is 0.728. The van der Waals surface area contributed by atoms with E-state index in [1.54, 1.807) is 0 Å². The normalized spacial score (nSPS) is 15.3. The van der Waals surface area contributed by atoms with Crippen LogP contribution in [0.1, 0.15) is 52.2 Å². The lowest BCUT2D eigenvalue weighted by Gasteiger charge is -2.40. The minimum Gasteiger partial charge on any atom is -0.370 e. The van der Waals surface area contributed by atoms with Crippen molar-refractivity contribution < 1.29 is 0 Å². The van der Waals surface area contributed by atoms with Gasteiger partial charge in [0.25, 0.3) is 0 Å². The average molecular weight is 381 g/mol. The molecule has 1 saturated heterocycles. The van der Waals surface area contributed by atoms with E-state index in [1.165, 1.54) is 0 Å². The van der Waals surface area contributed by atoms with Gasteiger partial charge in [-0.15, -0.1) is 15.3 Å². The zero-order valence-electron chi connectivity index (χ0n) is 17.2. The van der Waals surface area contributed by atoms with Crippen molar-refractivity contribution in [1.29, 1.82) is 0 Å². The highest BCUT2D eigenvalue weighted by Gasteiger charge is 2.29. The van der Waals surface area contributed by atoms with Gasteiger partial charge in [-0.3, -0.25) is 0 Å². The number of aromatic nitrogens is 6. The Morgan fingerprint density at radius 2 is 1.93 bits per heavy atom. The molecule has 1 N–H and O–H groups in total. The summed E-state index contributed by atoms with van der Waals surface area (Å²) in [5.74, 6) is 4.53. The van der Waals surface area contributed by atoms with E-state index >= 15 is 0 Å². The van der Waals surface area contributed by atoms with Crippen molar-refractivity contribution >= 4 is 17.3 Å². The molecule has 1 aliphatic rings. The summed E-state index contributed by atoms with van der Waals surface area (Å²) in [6, 6.07) is 5.95. The summed E-state index contributed by atoms with van der Waals surface area (Å²) in [7, 11) is 0. The van der Waals surface area contributed by atoms with Crippen molar-refractivity contribution in [2.24, 2.45) is 5.92 Å². The highest BCUT2D eigenvalue weighted by atomic mass is 15.4. The number of rotatable bonds is 5. The van der Waals surface area contributed by atoms with Gasteiger partial charge in [-0.1, -0.05) is 34.6 Å². The van der Waals surface area contributed by atoms with E-state index in [0.29, 0.717) is 11.8 Å². The SMILES string of the molecule is CC(C)c1nccc(NCC2CN(c3ccc4nnc(C(C)(C)C)n4n3)C2)n1. The second-order valence-electron chi connectivity index (χ2n) is 8.84. The number of hydrogen-bond donors (Lipinski definition) is 1. The number of anilines is 2. The molecule has 28 heavy (non-hydrogen) atoms. The molecule has 0 atom stereocenters. The Kier molecular flexibility index (Phi) is 4.64. The van der Waals surface area contributed by atoms with Crippen LogP contribution in [-0.2, 0) is 5.41 Å². The standard InChI is InChI=1S/C20H28N8/c1-13(2)18-21-9-8-15(23-18)22-10-14-11-27(12-14)17-7-6-16-24-25-19(20(3,4)5)28(16)26-17/h6-9,13-14H,10-12H2,1-5H3,(H,21,22,23). The highest BCUT2D eigenvalue weighted by molar-refractivity contribution is 5.48. The molecule has 4 heterocycles. The van der Waals surface area contributed by atoms with Gasteiger partial charge in [-0.2, -0.15) is 4.52 Å². The lowest BCUT2D eigenvalue weighted by molar-refractivity contribution is 0.423. The van der Waals surface area contributed by atoms with Crippen LogP contribution in [-0.4, -0.2) is 49.4 Å². The van der Waals surface area contributed by atoms with Crippen LogP contribution in [0.15, 0.2) is 24.4 Å². The van der Waals surface area contributed by atoms with E-state index in [1.807, 2.05) is 28.9 Å². The molecule has 148 valence electrons. The van der Waals surface area contributed by atoms with Crippen LogP contribution in [0.4, 0.5) is 11.6 Å². The van der Waals surface area contributed by atoms with Crippen molar-refractivity contribution in [2.75, 3.05) is 29.9 Å². The monoisotopic (exact) mass is 380 g/mol. The Labute approximate surface area is 165 Å². The van der Waals surface area contributed by atoms with E-state index < -0.39 is 0 Å². The molecule has 3 aromatic heterocycles.